The van der Waals surface area contributed by atoms with Crippen LogP contribution in [0.2, 0.25) is 0 Å². The van der Waals surface area contributed by atoms with Crippen molar-refractivity contribution in [3.05, 3.63) is 0 Å². The van der Waals surface area contributed by atoms with Crippen LogP contribution in [0, 0.1) is 0 Å². The van der Waals surface area contributed by atoms with Crippen molar-refractivity contribution in [1.29, 1.82) is 0 Å². The molecule has 2 rings (SSSR count). The van der Waals surface area contributed by atoms with Gasteiger partial charge in [-0.3, -0.25) is 0 Å². The van der Waals surface area contributed by atoms with Crippen molar-refractivity contribution in [2.24, 2.45) is 0 Å². The van der Waals surface area contributed by atoms with E-state index >= 15 is 0 Å². The minimum Gasteiger partial charge on any atom is -0.448 e. The Bertz CT molecular complexity index is 188. The average Bonchev–Trinajstić information content (AvgIpc) is 2.43. The molecule has 2 heterocycles. The molecule has 0 aromatic carbocycles. The van der Waals surface area contributed by atoms with Crippen LogP contribution < -0.4 is 5.32 Å². The number of amides is 1. The van der Waals surface area contributed by atoms with Gasteiger partial charge in [-0.15, -0.1) is 0 Å². The first kappa shape index (κ1) is 8.81. The molecule has 2 aliphatic heterocycles. The molecule has 1 N–H and O–H groups in total. The summed E-state index contributed by atoms with van der Waals surface area (Å²) in [5.74, 6) is 0. The van der Waals surface area contributed by atoms with Gasteiger partial charge in [0, 0.05) is 12.6 Å². The van der Waals surface area contributed by atoms with Crippen molar-refractivity contribution < 1.29 is 9.53 Å². The fourth-order valence-electron chi connectivity index (χ4n) is 2.00. The van der Waals surface area contributed by atoms with Crippen molar-refractivity contribution in [2.75, 3.05) is 26.2 Å². The maximum absolute atomic E-state index is 11.3. The topological polar surface area (TPSA) is 41.6 Å². The highest BCUT2D eigenvalue weighted by atomic mass is 16.6. The van der Waals surface area contributed by atoms with Crippen LogP contribution in [0.4, 0.5) is 4.79 Å². The Morgan fingerprint density at radius 2 is 2.38 bits per heavy atom. The lowest BCUT2D eigenvalue weighted by atomic mass is 10.1. The Morgan fingerprint density at radius 1 is 1.46 bits per heavy atom. The third-order valence-electron chi connectivity index (χ3n) is 2.75. The van der Waals surface area contributed by atoms with E-state index < -0.39 is 0 Å². The second-order valence-corrected chi connectivity index (χ2v) is 3.66. The predicted octanol–water partition coefficient (Wildman–Crippen LogP) is 0.581. The van der Waals surface area contributed by atoms with E-state index in [2.05, 4.69) is 5.32 Å². The molecule has 0 aromatic rings. The van der Waals surface area contributed by atoms with E-state index in [4.69, 9.17) is 4.74 Å². The van der Waals surface area contributed by atoms with Crippen molar-refractivity contribution in [1.82, 2.24) is 10.2 Å². The van der Waals surface area contributed by atoms with E-state index in [1.807, 2.05) is 4.90 Å². The molecule has 4 nitrogen and oxygen atoms in total. The quantitative estimate of drug-likeness (QED) is 0.648. The fraction of sp³-hybridized carbons (Fsp3) is 0.889. The van der Waals surface area contributed by atoms with Crippen LogP contribution >= 0.6 is 0 Å². The number of carbonyl (C=O) groups excluding carboxylic acids is 1. The van der Waals surface area contributed by atoms with Gasteiger partial charge in [0.1, 0.15) is 6.61 Å². The number of hydrogen-bond acceptors (Lipinski definition) is 3. The Balaban J connectivity index is 1.93. The number of nitrogens with one attached hydrogen (secondary N) is 1. The Morgan fingerprint density at radius 3 is 3.15 bits per heavy atom. The number of carbonyl (C=O) groups is 1. The summed E-state index contributed by atoms with van der Waals surface area (Å²) >= 11 is 0. The van der Waals surface area contributed by atoms with E-state index in [-0.39, 0.29) is 6.09 Å². The normalized spacial score (nSPS) is 30.0. The maximum Gasteiger partial charge on any atom is 0.410 e. The molecule has 74 valence electrons. The Hall–Kier alpha value is -0.770. The molecule has 1 unspecified atom stereocenters. The highest BCUT2D eigenvalue weighted by molar-refractivity contribution is 5.69. The summed E-state index contributed by atoms with van der Waals surface area (Å²) in [5, 5.41) is 3.35. The van der Waals surface area contributed by atoms with Crippen LogP contribution in [0.3, 0.4) is 0 Å². The van der Waals surface area contributed by atoms with E-state index in [1.165, 1.54) is 12.8 Å². The zero-order valence-electron chi connectivity index (χ0n) is 7.79. The van der Waals surface area contributed by atoms with Crippen molar-refractivity contribution in [3.63, 3.8) is 0 Å². The maximum atomic E-state index is 11.3. The van der Waals surface area contributed by atoms with Crippen LogP contribution in [0.5, 0.6) is 0 Å². The Labute approximate surface area is 78.2 Å². The van der Waals surface area contributed by atoms with Crippen molar-refractivity contribution in [3.8, 4) is 0 Å². The van der Waals surface area contributed by atoms with Crippen LogP contribution in [0.15, 0.2) is 0 Å². The summed E-state index contributed by atoms with van der Waals surface area (Å²) in [6, 6.07) is 0.359. The van der Waals surface area contributed by atoms with E-state index in [9.17, 15) is 4.79 Å². The molecule has 2 aliphatic rings. The van der Waals surface area contributed by atoms with E-state index in [0.717, 1.165) is 26.1 Å². The molecular formula is C9H16N2O2. The number of ether oxygens (including phenoxy) is 1. The lowest BCUT2D eigenvalue weighted by molar-refractivity contribution is 0.146. The SMILES string of the molecule is O=C1OCCN1C1CCCCNC1. The average molecular weight is 184 g/mol. The number of nitrogens with zero attached hydrogens (tertiary/aromatic N) is 1. The van der Waals surface area contributed by atoms with Gasteiger partial charge in [-0.25, -0.2) is 4.79 Å². The van der Waals surface area contributed by atoms with Crippen LogP contribution in [-0.2, 0) is 4.74 Å². The molecular weight excluding hydrogens is 168 g/mol. The predicted molar refractivity (Wildman–Crippen MR) is 48.6 cm³/mol. The summed E-state index contributed by atoms with van der Waals surface area (Å²) in [4.78, 5) is 13.1. The molecule has 2 saturated heterocycles. The lowest BCUT2D eigenvalue weighted by Crippen LogP contribution is -2.41. The molecule has 0 spiro atoms. The molecule has 0 saturated carbocycles. The van der Waals surface area contributed by atoms with Gasteiger partial charge in [0.15, 0.2) is 0 Å². The van der Waals surface area contributed by atoms with Gasteiger partial charge in [0.2, 0.25) is 0 Å². The number of cyclic esters (lactones) is 1. The number of hydrogen-bond donors (Lipinski definition) is 1. The first-order valence-electron chi connectivity index (χ1n) is 5.02. The third kappa shape index (κ3) is 1.94. The van der Waals surface area contributed by atoms with E-state index in [1.54, 1.807) is 0 Å². The smallest absolute Gasteiger partial charge is 0.410 e. The Kier molecular flexibility index (Phi) is 2.68. The third-order valence-corrected chi connectivity index (χ3v) is 2.75. The van der Waals surface area contributed by atoms with E-state index in [0.29, 0.717) is 12.6 Å². The highest BCUT2D eigenvalue weighted by Crippen LogP contribution is 2.15. The molecule has 13 heavy (non-hydrogen) atoms. The largest absolute Gasteiger partial charge is 0.448 e. The molecule has 0 aromatic heterocycles. The number of rotatable bonds is 1. The summed E-state index contributed by atoms with van der Waals surface area (Å²) < 4.78 is 4.92. The standard InChI is InChI=1S/C9H16N2O2/c12-9-11(5-6-13-9)8-3-1-2-4-10-7-8/h8,10H,1-7H2. The van der Waals surface area contributed by atoms with Crippen LogP contribution in [0.25, 0.3) is 0 Å². The van der Waals surface area contributed by atoms with Gasteiger partial charge in [0.25, 0.3) is 0 Å². The van der Waals surface area contributed by atoms with Crippen molar-refractivity contribution >= 4 is 6.09 Å². The first-order chi connectivity index (χ1) is 6.38. The van der Waals surface area contributed by atoms with Gasteiger partial charge in [-0.05, 0) is 19.4 Å². The zero-order chi connectivity index (χ0) is 9.10. The molecule has 1 atom stereocenters. The summed E-state index contributed by atoms with van der Waals surface area (Å²) in [7, 11) is 0. The monoisotopic (exact) mass is 184 g/mol. The van der Waals surface area contributed by atoms with Gasteiger partial charge >= 0.3 is 6.09 Å². The fourth-order valence-corrected chi connectivity index (χ4v) is 2.00. The summed E-state index contributed by atoms with van der Waals surface area (Å²) in [5.41, 5.74) is 0. The van der Waals surface area contributed by atoms with Gasteiger partial charge < -0.3 is 15.0 Å². The minimum atomic E-state index is -0.131. The minimum absolute atomic E-state index is 0.131. The molecule has 0 radical (unpaired) electrons. The summed E-state index contributed by atoms with van der Waals surface area (Å²) in [6.45, 7) is 3.34. The molecule has 0 aliphatic carbocycles. The second kappa shape index (κ2) is 3.96. The van der Waals surface area contributed by atoms with Gasteiger partial charge in [-0.1, -0.05) is 6.42 Å². The van der Waals surface area contributed by atoms with Crippen LogP contribution in [-0.4, -0.2) is 43.3 Å². The van der Waals surface area contributed by atoms with Crippen molar-refractivity contribution in [2.45, 2.75) is 25.3 Å². The van der Waals surface area contributed by atoms with Crippen LogP contribution in [0.1, 0.15) is 19.3 Å². The van der Waals surface area contributed by atoms with Gasteiger partial charge in [0.05, 0.1) is 6.54 Å². The molecule has 4 heteroatoms. The molecule has 1 amide bonds. The molecule has 2 fully saturated rings. The summed E-state index contributed by atoms with van der Waals surface area (Å²) in [6.07, 6.45) is 3.41. The highest BCUT2D eigenvalue weighted by Gasteiger charge is 2.29. The zero-order valence-corrected chi connectivity index (χ0v) is 7.79. The molecule has 0 bridgehead atoms. The lowest BCUT2D eigenvalue weighted by Gasteiger charge is -2.23. The first-order valence-corrected chi connectivity index (χ1v) is 5.02. The van der Waals surface area contributed by atoms with Gasteiger partial charge in [-0.2, -0.15) is 0 Å². The second-order valence-electron chi connectivity index (χ2n) is 3.66.